The molecule has 16 heavy (non-hydrogen) atoms. The van der Waals surface area contributed by atoms with Crippen LogP contribution in [-0.2, 0) is 4.79 Å². The molecule has 6 nitrogen and oxygen atoms in total. The molecule has 0 saturated carbocycles. The number of carboxylic acids is 1. The number of allylic oxidation sites excluding steroid dienone is 2. The molecular formula is C10H11N3O3. The summed E-state index contributed by atoms with van der Waals surface area (Å²) >= 11 is 0. The molecule has 1 aliphatic rings. The van der Waals surface area contributed by atoms with Gasteiger partial charge in [-0.1, -0.05) is 12.2 Å². The fraction of sp³-hybridized carbons (Fsp3) is 0.300. The van der Waals surface area contributed by atoms with Gasteiger partial charge in [-0.05, 0) is 12.8 Å². The number of nitrogens with one attached hydrogen (secondary N) is 2. The Kier molecular flexibility index (Phi) is 2.72. The van der Waals surface area contributed by atoms with E-state index in [9.17, 15) is 9.59 Å². The van der Waals surface area contributed by atoms with Crippen LogP contribution in [0, 0.1) is 5.92 Å². The van der Waals surface area contributed by atoms with Crippen LogP contribution in [0.5, 0.6) is 0 Å². The van der Waals surface area contributed by atoms with Crippen molar-refractivity contribution in [2.75, 3.05) is 5.32 Å². The van der Waals surface area contributed by atoms with Gasteiger partial charge < -0.3 is 10.4 Å². The van der Waals surface area contributed by atoms with Crippen LogP contribution in [0.4, 0.5) is 5.82 Å². The van der Waals surface area contributed by atoms with Gasteiger partial charge in [0.2, 0.25) is 5.91 Å². The van der Waals surface area contributed by atoms with Crippen molar-refractivity contribution < 1.29 is 14.7 Å². The van der Waals surface area contributed by atoms with E-state index in [-0.39, 0.29) is 23.3 Å². The van der Waals surface area contributed by atoms with Crippen LogP contribution in [0.25, 0.3) is 0 Å². The largest absolute Gasteiger partial charge is 0.477 e. The van der Waals surface area contributed by atoms with Gasteiger partial charge in [0.1, 0.15) is 5.69 Å². The molecule has 1 heterocycles. The lowest BCUT2D eigenvalue weighted by Crippen LogP contribution is -2.20. The first-order chi connectivity index (χ1) is 7.66. The first-order valence-corrected chi connectivity index (χ1v) is 4.91. The third kappa shape index (κ3) is 2.10. The van der Waals surface area contributed by atoms with Gasteiger partial charge in [0.25, 0.3) is 0 Å². The van der Waals surface area contributed by atoms with E-state index in [0.29, 0.717) is 0 Å². The standard InChI is InChI=1S/C10H11N3O3/c14-9(6-3-1-2-4-6)11-8-5-7(10(15)16)12-13-8/h1-2,5-6H,3-4H2,(H,15,16)(H2,11,12,13,14). The smallest absolute Gasteiger partial charge is 0.353 e. The molecular weight excluding hydrogens is 210 g/mol. The minimum Gasteiger partial charge on any atom is -0.477 e. The number of aromatic carboxylic acids is 1. The van der Waals surface area contributed by atoms with Gasteiger partial charge in [-0.3, -0.25) is 9.89 Å². The number of carbonyl (C=O) groups is 2. The van der Waals surface area contributed by atoms with E-state index in [1.54, 1.807) is 0 Å². The molecule has 6 heteroatoms. The van der Waals surface area contributed by atoms with Gasteiger partial charge >= 0.3 is 5.97 Å². The molecule has 1 aromatic heterocycles. The molecule has 1 aromatic rings. The van der Waals surface area contributed by atoms with E-state index in [2.05, 4.69) is 15.5 Å². The lowest BCUT2D eigenvalue weighted by molar-refractivity contribution is -0.119. The first-order valence-electron chi connectivity index (χ1n) is 4.91. The molecule has 2 rings (SSSR count). The second-order valence-corrected chi connectivity index (χ2v) is 3.60. The fourth-order valence-corrected chi connectivity index (χ4v) is 1.55. The van der Waals surface area contributed by atoms with Crippen molar-refractivity contribution in [3.63, 3.8) is 0 Å². The molecule has 3 N–H and O–H groups in total. The highest BCUT2D eigenvalue weighted by Gasteiger charge is 2.20. The van der Waals surface area contributed by atoms with E-state index in [4.69, 9.17) is 5.11 Å². The van der Waals surface area contributed by atoms with Crippen molar-refractivity contribution >= 4 is 17.7 Å². The zero-order valence-corrected chi connectivity index (χ0v) is 8.43. The van der Waals surface area contributed by atoms with Gasteiger partial charge in [-0.2, -0.15) is 5.10 Å². The third-order valence-electron chi connectivity index (χ3n) is 2.44. The van der Waals surface area contributed by atoms with Gasteiger partial charge in [-0.25, -0.2) is 4.79 Å². The number of aromatic nitrogens is 2. The SMILES string of the molecule is O=C(O)c1cc(NC(=O)C2CC=CC2)n[nH]1. The Labute approximate surface area is 91.4 Å². The van der Waals surface area contributed by atoms with Crippen molar-refractivity contribution in [3.8, 4) is 0 Å². The molecule has 0 radical (unpaired) electrons. The summed E-state index contributed by atoms with van der Waals surface area (Å²) in [6.45, 7) is 0. The average molecular weight is 221 g/mol. The van der Waals surface area contributed by atoms with Crippen molar-refractivity contribution in [3.05, 3.63) is 23.9 Å². The highest BCUT2D eigenvalue weighted by atomic mass is 16.4. The molecule has 84 valence electrons. The zero-order valence-electron chi connectivity index (χ0n) is 8.43. The number of amides is 1. The summed E-state index contributed by atoms with van der Waals surface area (Å²) < 4.78 is 0. The molecule has 0 fully saturated rings. The Bertz CT molecular complexity index is 442. The van der Waals surface area contributed by atoms with E-state index in [1.807, 2.05) is 12.2 Å². The number of rotatable bonds is 3. The van der Waals surface area contributed by atoms with Crippen LogP contribution < -0.4 is 5.32 Å². The Morgan fingerprint density at radius 2 is 2.12 bits per heavy atom. The Hall–Kier alpha value is -2.11. The highest BCUT2D eigenvalue weighted by Crippen LogP contribution is 2.19. The predicted octanol–water partition coefficient (Wildman–Crippen LogP) is 1.01. The lowest BCUT2D eigenvalue weighted by atomic mass is 10.1. The third-order valence-corrected chi connectivity index (χ3v) is 2.44. The van der Waals surface area contributed by atoms with E-state index in [0.717, 1.165) is 12.8 Å². The quantitative estimate of drug-likeness (QED) is 0.664. The Morgan fingerprint density at radius 1 is 1.44 bits per heavy atom. The molecule has 0 bridgehead atoms. The average Bonchev–Trinajstić information content (AvgIpc) is 2.87. The number of anilines is 1. The second-order valence-electron chi connectivity index (χ2n) is 3.60. The topological polar surface area (TPSA) is 95.1 Å². The number of hydrogen-bond donors (Lipinski definition) is 3. The first kappa shape index (κ1) is 10.4. The number of carboxylic acid groups (broad SMARTS) is 1. The normalized spacial score (nSPS) is 15.2. The number of carbonyl (C=O) groups excluding carboxylic acids is 1. The van der Waals surface area contributed by atoms with Crippen LogP contribution >= 0.6 is 0 Å². The molecule has 0 spiro atoms. The van der Waals surface area contributed by atoms with E-state index in [1.165, 1.54) is 6.07 Å². The fourth-order valence-electron chi connectivity index (χ4n) is 1.55. The van der Waals surface area contributed by atoms with Crippen LogP contribution in [0.15, 0.2) is 18.2 Å². The summed E-state index contributed by atoms with van der Waals surface area (Å²) in [6.07, 6.45) is 5.36. The van der Waals surface area contributed by atoms with Crippen LogP contribution in [0.3, 0.4) is 0 Å². The van der Waals surface area contributed by atoms with Crippen molar-refractivity contribution in [1.82, 2.24) is 10.2 Å². The molecule has 0 aliphatic heterocycles. The Balaban J connectivity index is 1.98. The predicted molar refractivity (Wildman–Crippen MR) is 56.0 cm³/mol. The van der Waals surface area contributed by atoms with Gasteiger partial charge in [0.05, 0.1) is 0 Å². The molecule has 1 aliphatic carbocycles. The van der Waals surface area contributed by atoms with Crippen LogP contribution in [0.1, 0.15) is 23.3 Å². The van der Waals surface area contributed by atoms with Crippen molar-refractivity contribution in [2.45, 2.75) is 12.8 Å². The molecule has 0 unspecified atom stereocenters. The minimum atomic E-state index is -1.10. The highest BCUT2D eigenvalue weighted by molar-refractivity contribution is 5.93. The number of hydrogen-bond acceptors (Lipinski definition) is 3. The summed E-state index contributed by atoms with van der Waals surface area (Å²) in [6, 6.07) is 1.29. The monoisotopic (exact) mass is 221 g/mol. The second kappa shape index (κ2) is 4.18. The van der Waals surface area contributed by atoms with Crippen molar-refractivity contribution in [2.24, 2.45) is 5.92 Å². The summed E-state index contributed by atoms with van der Waals surface area (Å²) in [4.78, 5) is 22.2. The van der Waals surface area contributed by atoms with Gasteiger partial charge in [0, 0.05) is 12.0 Å². The molecule has 0 saturated heterocycles. The van der Waals surface area contributed by atoms with E-state index < -0.39 is 5.97 Å². The maximum absolute atomic E-state index is 11.6. The molecule has 0 atom stereocenters. The Morgan fingerprint density at radius 3 is 2.69 bits per heavy atom. The minimum absolute atomic E-state index is 0.0418. The zero-order chi connectivity index (χ0) is 11.5. The lowest BCUT2D eigenvalue weighted by Gasteiger charge is -2.07. The summed E-state index contributed by atoms with van der Waals surface area (Å²) in [7, 11) is 0. The summed E-state index contributed by atoms with van der Waals surface area (Å²) in [5, 5.41) is 17.2. The van der Waals surface area contributed by atoms with Gasteiger partial charge in [-0.15, -0.1) is 0 Å². The van der Waals surface area contributed by atoms with Crippen molar-refractivity contribution in [1.29, 1.82) is 0 Å². The number of H-pyrrole nitrogens is 1. The summed E-state index contributed by atoms with van der Waals surface area (Å²) in [5.74, 6) is -1.05. The van der Waals surface area contributed by atoms with E-state index >= 15 is 0 Å². The number of aromatic amines is 1. The molecule has 0 aromatic carbocycles. The molecule has 1 amide bonds. The maximum atomic E-state index is 11.6. The van der Waals surface area contributed by atoms with Crippen LogP contribution in [-0.4, -0.2) is 27.2 Å². The van der Waals surface area contributed by atoms with Crippen LogP contribution in [0.2, 0.25) is 0 Å². The maximum Gasteiger partial charge on any atom is 0.353 e. The summed E-state index contributed by atoms with van der Waals surface area (Å²) in [5.41, 5.74) is -0.0418. The number of nitrogens with zero attached hydrogens (tertiary/aromatic N) is 1. The van der Waals surface area contributed by atoms with Gasteiger partial charge in [0.15, 0.2) is 5.82 Å².